The third-order valence-electron chi connectivity index (χ3n) is 4.57. The molecule has 0 aliphatic carbocycles. The summed E-state index contributed by atoms with van der Waals surface area (Å²) in [4.78, 5) is 28.7. The number of carbonyl (C=O) groups excluding carboxylic acids is 2. The van der Waals surface area contributed by atoms with Gasteiger partial charge in [0.05, 0.1) is 12.2 Å². The van der Waals surface area contributed by atoms with Crippen LogP contribution in [0, 0.1) is 0 Å². The molecule has 154 valence electrons. The van der Waals surface area contributed by atoms with Gasteiger partial charge in [0, 0.05) is 6.20 Å². The van der Waals surface area contributed by atoms with E-state index >= 15 is 0 Å². The number of amides is 1. The fourth-order valence-electron chi connectivity index (χ4n) is 2.88. The summed E-state index contributed by atoms with van der Waals surface area (Å²) in [6, 6.07) is 18.0. The summed E-state index contributed by atoms with van der Waals surface area (Å²) < 4.78 is 10.9. The molecule has 1 atom stereocenters. The minimum Gasteiger partial charge on any atom is -0.455 e. The maximum atomic E-state index is 12.5. The van der Waals surface area contributed by atoms with E-state index in [1.165, 1.54) is 5.56 Å². The Labute approximate surface area is 175 Å². The Bertz CT molecular complexity index is 988. The highest BCUT2D eigenvalue weighted by atomic mass is 16.5. The van der Waals surface area contributed by atoms with Crippen LogP contribution in [0.5, 0.6) is 11.5 Å². The number of benzene rings is 2. The maximum Gasteiger partial charge on any atom is 0.342 e. The molecule has 0 saturated heterocycles. The molecule has 1 unspecified atom stereocenters. The molecule has 6 nitrogen and oxygen atoms in total. The third kappa shape index (κ3) is 5.67. The van der Waals surface area contributed by atoms with Crippen molar-refractivity contribution in [2.75, 3.05) is 6.61 Å². The Hall–Kier alpha value is -3.67. The van der Waals surface area contributed by atoms with Gasteiger partial charge in [0.15, 0.2) is 6.61 Å². The van der Waals surface area contributed by atoms with Crippen LogP contribution in [0.25, 0.3) is 0 Å². The normalized spacial score (nSPS) is 11.4. The zero-order valence-corrected chi connectivity index (χ0v) is 17.0. The van der Waals surface area contributed by atoms with E-state index in [1.54, 1.807) is 48.8 Å². The molecule has 0 radical (unpaired) electrons. The van der Waals surface area contributed by atoms with Gasteiger partial charge >= 0.3 is 5.97 Å². The van der Waals surface area contributed by atoms with Gasteiger partial charge in [0.1, 0.15) is 17.1 Å². The molecular formula is C24H24N2O4. The van der Waals surface area contributed by atoms with Crippen molar-refractivity contribution in [3.63, 3.8) is 0 Å². The Morgan fingerprint density at radius 1 is 1.03 bits per heavy atom. The van der Waals surface area contributed by atoms with Crippen LogP contribution in [-0.2, 0) is 16.0 Å². The topological polar surface area (TPSA) is 77.5 Å². The second-order valence-electron chi connectivity index (χ2n) is 6.75. The van der Waals surface area contributed by atoms with Crippen molar-refractivity contribution in [3.8, 4) is 11.5 Å². The van der Waals surface area contributed by atoms with Crippen LogP contribution in [0.15, 0.2) is 73.1 Å². The van der Waals surface area contributed by atoms with Crippen LogP contribution < -0.4 is 10.1 Å². The van der Waals surface area contributed by atoms with E-state index < -0.39 is 5.97 Å². The SMILES string of the molecule is CCc1ccc(C(C)NC(=O)COC(=O)c2ccccc2Oc2cccnc2)cc1. The van der Waals surface area contributed by atoms with Gasteiger partial charge in [0.25, 0.3) is 5.91 Å². The summed E-state index contributed by atoms with van der Waals surface area (Å²) in [5.41, 5.74) is 2.46. The van der Waals surface area contributed by atoms with Gasteiger partial charge < -0.3 is 14.8 Å². The highest BCUT2D eigenvalue weighted by molar-refractivity contribution is 5.94. The molecule has 30 heavy (non-hydrogen) atoms. The summed E-state index contributed by atoms with van der Waals surface area (Å²) in [6.07, 6.45) is 4.14. The molecule has 1 amide bonds. The summed E-state index contributed by atoms with van der Waals surface area (Å²) in [7, 11) is 0. The number of nitrogens with one attached hydrogen (secondary N) is 1. The zero-order chi connectivity index (χ0) is 21.3. The number of para-hydroxylation sites is 1. The zero-order valence-electron chi connectivity index (χ0n) is 17.0. The molecule has 1 N–H and O–H groups in total. The maximum absolute atomic E-state index is 12.5. The second kappa shape index (κ2) is 10.2. The van der Waals surface area contributed by atoms with Crippen molar-refractivity contribution in [2.45, 2.75) is 26.3 Å². The molecule has 0 aliphatic heterocycles. The Kier molecular flexibility index (Phi) is 7.16. The average molecular weight is 404 g/mol. The first-order valence-electron chi connectivity index (χ1n) is 9.79. The standard InChI is InChI=1S/C24H24N2O4/c1-3-18-10-12-19(13-11-18)17(2)26-23(27)16-29-24(28)21-8-4-5-9-22(21)30-20-7-6-14-25-15-20/h4-15,17H,3,16H2,1-2H3,(H,26,27). The Morgan fingerprint density at radius 3 is 2.50 bits per heavy atom. The van der Waals surface area contributed by atoms with Crippen LogP contribution in [0.1, 0.15) is 41.4 Å². The molecule has 0 spiro atoms. The number of aryl methyl sites for hydroxylation is 1. The van der Waals surface area contributed by atoms with Crippen molar-refractivity contribution in [3.05, 3.63) is 89.7 Å². The number of aromatic nitrogens is 1. The molecule has 3 rings (SSSR count). The van der Waals surface area contributed by atoms with Crippen LogP contribution in [0.4, 0.5) is 0 Å². The first-order valence-corrected chi connectivity index (χ1v) is 9.79. The third-order valence-corrected chi connectivity index (χ3v) is 4.57. The molecular weight excluding hydrogens is 380 g/mol. The first-order chi connectivity index (χ1) is 14.6. The quantitative estimate of drug-likeness (QED) is 0.561. The van der Waals surface area contributed by atoms with Crippen LogP contribution in [0.3, 0.4) is 0 Å². The van der Waals surface area contributed by atoms with Gasteiger partial charge in [-0.25, -0.2) is 4.79 Å². The van der Waals surface area contributed by atoms with E-state index in [1.807, 2.05) is 31.2 Å². The summed E-state index contributed by atoms with van der Waals surface area (Å²) in [5.74, 6) is -0.177. The van der Waals surface area contributed by atoms with Crippen molar-refractivity contribution in [1.82, 2.24) is 10.3 Å². The van der Waals surface area contributed by atoms with Gasteiger partial charge in [0.2, 0.25) is 0 Å². The number of hydrogen-bond acceptors (Lipinski definition) is 5. The minimum absolute atomic E-state index is 0.191. The van der Waals surface area contributed by atoms with E-state index in [-0.39, 0.29) is 24.1 Å². The number of nitrogens with zero attached hydrogens (tertiary/aromatic N) is 1. The summed E-state index contributed by atoms with van der Waals surface area (Å²) >= 11 is 0. The number of hydrogen-bond donors (Lipinski definition) is 1. The molecule has 1 aromatic heterocycles. The number of pyridine rings is 1. The molecule has 6 heteroatoms. The Balaban J connectivity index is 1.56. The minimum atomic E-state index is -0.635. The van der Waals surface area contributed by atoms with Gasteiger partial charge in [-0.2, -0.15) is 0 Å². The number of carbonyl (C=O) groups is 2. The molecule has 3 aromatic rings. The van der Waals surface area contributed by atoms with E-state index in [0.717, 1.165) is 12.0 Å². The van der Waals surface area contributed by atoms with Crippen molar-refractivity contribution in [1.29, 1.82) is 0 Å². The molecule has 1 heterocycles. The van der Waals surface area contributed by atoms with Gasteiger partial charge in [-0.3, -0.25) is 9.78 Å². The smallest absolute Gasteiger partial charge is 0.342 e. The molecule has 2 aromatic carbocycles. The summed E-state index contributed by atoms with van der Waals surface area (Å²) in [5, 5.41) is 2.84. The van der Waals surface area contributed by atoms with Gasteiger partial charge in [-0.05, 0) is 48.7 Å². The predicted octanol–water partition coefficient (Wildman–Crippen LogP) is 4.47. The van der Waals surface area contributed by atoms with E-state index in [2.05, 4.69) is 17.2 Å². The number of ether oxygens (including phenoxy) is 2. The van der Waals surface area contributed by atoms with Crippen molar-refractivity contribution >= 4 is 11.9 Å². The van der Waals surface area contributed by atoms with Crippen molar-refractivity contribution < 1.29 is 19.1 Å². The predicted molar refractivity (Wildman–Crippen MR) is 113 cm³/mol. The first kappa shape index (κ1) is 21.0. The molecule has 0 saturated carbocycles. The van der Waals surface area contributed by atoms with Crippen LogP contribution in [0.2, 0.25) is 0 Å². The lowest BCUT2D eigenvalue weighted by Gasteiger charge is -2.15. The fourth-order valence-corrected chi connectivity index (χ4v) is 2.88. The average Bonchev–Trinajstić information content (AvgIpc) is 2.78. The van der Waals surface area contributed by atoms with E-state index in [0.29, 0.717) is 11.5 Å². The molecule has 0 bridgehead atoms. The van der Waals surface area contributed by atoms with Crippen LogP contribution in [-0.4, -0.2) is 23.5 Å². The lowest BCUT2D eigenvalue weighted by molar-refractivity contribution is -0.124. The lowest BCUT2D eigenvalue weighted by atomic mass is 10.1. The molecule has 0 aliphatic rings. The lowest BCUT2D eigenvalue weighted by Crippen LogP contribution is -2.31. The van der Waals surface area contributed by atoms with Crippen LogP contribution >= 0.6 is 0 Å². The number of rotatable bonds is 8. The highest BCUT2D eigenvalue weighted by Crippen LogP contribution is 2.25. The fraction of sp³-hybridized carbons (Fsp3) is 0.208. The van der Waals surface area contributed by atoms with E-state index in [4.69, 9.17) is 9.47 Å². The highest BCUT2D eigenvalue weighted by Gasteiger charge is 2.17. The summed E-state index contributed by atoms with van der Waals surface area (Å²) in [6.45, 7) is 3.60. The number of esters is 1. The second-order valence-corrected chi connectivity index (χ2v) is 6.75. The van der Waals surface area contributed by atoms with E-state index in [9.17, 15) is 9.59 Å². The van der Waals surface area contributed by atoms with Gasteiger partial charge in [-0.15, -0.1) is 0 Å². The Morgan fingerprint density at radius 2 is 1.80 bits per heavy atom. The monoisotopic (exact) mass is 404 g/mol. The van der Waals surface area contributed by atoms with Gasteiger partial charge in [-0.1, -0.05) is 43.3 Å². The molecule has 0 fully saturated rings. The van der Waals surface area contributed by atoms with Crippen molar-refractivity contribution in [2.24, 2.45) is 0 Å². The largest absolute Gasteiger partial charge is 0.455 e.